The summed E-state index contributed by atoms with van der Waals surface area (Å²) in [5.41, 5.74) is 0.832. The van der Waals surface area contributed by atoms with Crippen molar-refractivity contribution in [1.82, 2.24) is 24.5 Å². The monoisotopic (exact) mass is 481 g/mol. The average molecular weight is 482 g/mol. The molecule has 5 rings (SSSR count). The van der Waals surface area contributed by atoms with Gasteiger partial charge in [-0.25, -0.2) is 4.98 Å². The number of nitrogens with zero attached hydrogens (tertiary/aromatic N) is 4. The van der Waals surface area contributed by atoms with Gasteiger partial charge in [0.15, 0.2) is 5.65 Å². The van der Waals surface area contributed by atoms with Crippen LogP contribution in [0.5, 0.6) is 0 Å². The van der Waals surface area contributed by atoms with E-state index in [9.17, 15) is 14.7 Å². The third-order valence-electron chi connectivity index (χ3n) is 7.06. The number of hydrogen-bond acceptors (Lipinski definition) is 8. The highest BCUT2D eigenvalue weighted by Gasteiger charge is 2.31. The summed E-state index contributed by atoms with van der Waals surface area (Å²) in [4.78, 5) is 30.8. The van der Waals surface area contributed by atoms with Crippen molar-refractivity contribution in [1.29, 1.82) is 0 Å². The Bertz CT molecular complexity index is 1290. The van der Waals surface area contributed by atoms with E-state index >= 15 is 0 Å². The highest BCUT2D eigenvalue weighted by molar-refractivity contribution is 6.00. The Morgan fingerprint density at radius 2 is 2.11 bits per heavy atom. The van der Waals surface area contributed by atoms with Crippen LogP contribution in [0.4, 0.5) is 17.3 Å². The van der Waals surface area contributed by atoms with Crippen LogP contribution in [-0.2, 0) is 4.74 Å². The van der Waals surface area contributed by atoms with Gasteiger partial charge in [0, 0.05) is 32.5 Å². The number of aliphatic hydroxyl groups excluding tert-OH is 1. The van der Waals surface area contributed by atoms with Crippen LogP contribution >= 0.6 is 0 Å². The second-order valence-electron chi connectivity index (χ2n) is 9.24. The molecule has 0 aromatic carbocycles. The molecule has 0 saturated heterocycles. The minimum atomic E-state index is -0.510. The predicted octanol–water partition coefficient (Wildman–Crippen LogP) is 2.06. The zero-order chi connectivity index (χ0) is 24.5. The summed E-state index contributed by atoms with van der Waals surface area (Å²) in [6.07, 6.45) is 7.98. The van der Waals surface area contributed by atoms with Crippen LogP contribution in [0.15, 0.2) is 35.4 Å². The van der Waals surface area contributed by atoms with E-state index in [-0.39, 0.29) is 29.7 Å². The molecular formula is C24H31N7O4. The quantitative estimate of drug-likeness (QED) is 0.403. The summed E-state index contributed by atoms with van der Waals surface area (Å²) in [5, 5.41) is 23.6. The van der Waals surface area contributed by atoms with E-state index in [1.165, 1.54) is 6.20 Å². The number of pyridine rings is 1. The van der Waals surface area contributed by atoms with Gasteiger partial charge in [0.2, 0.25) is 0 Å². The fraction of sp³-hybridized carbons (Fsp3) is 0.500. The van der Waals surface area contributed by atoms with Gasteiger partial charge in [-0.15, -0.1) is 0 Å². The van der Waals surface area contributed by atoms with E-state index in [0.717, 1.165) is 32.1 Å². The van der Waals surface area contributed by atoms with Gasteiger partial charge in [-0.3, -0.25) is 9.59 Å². The topological polar surface area (TPSA) is 135 Å². The largest absolute Gasteiger partial charge is 0.391 e. The number of rotatable bonds is 7. The molecule has 0 bridgehead atoms. The first-order valence-corrected chi connectivity index (χ1v) is 12.0. The van der Waals surface area contributed by atoms with Crippen molar-refractivity contribution in [2.45, 2.75) is 62.8 Å². The van der Waals surface area contributed by atoms with E-state index in [1.807, 2.05) is 0 Å². The van der Waals surface area contributed by atoms with Crippen LogP contribution in [0.1, 0.15) is 54.9 Å². The first kappa shape index (κ1) is 23.3. The van der Waals surface area contributed by atoms with Crippen LogP contribution in [0.2, 0.25) is 0 Å². The highest BCUT2D eigenvalue weighted by atomic mass is 16.5. The van der Waals surface area contributed by atoms with Crippen LogP contribution in [0.3, 0.4) is 0 Å². The Balaban J connectivity index is 1.43. The van der Waals surface area contributed by atoms with E-state index < -0.39 is 6.10 Å². The Morgan fingerprint density at radius 3 is 2.83 bits per heavy atom. The Hall–Kier alpha value is -3.44. The van der Waals surface area contributed by atoms with Crippen LogP contribution in [0.25, 0.3) is 5.65 Å². The summed E-state index contributed by atoms with van der Waals surface area (Å²) in [5.74, 6) is 0.770. The lowest BCUT2D eigenvalue weighted by atomic mass is 9.89. The third kappa shape index (κ3) is 4.48. The van der Waals surface area contributed by atoms with E-state index in [1.54, 1.807) is 47.6 Å². The zero-order valence-corrected chi connectivity index (χ0v) is 19.9. The normalized spacial score (nSPS) is 24.1. The average Bonchev–Trinajstić information content (AvgIpc) is 3.29. The van der Waals surface area contributed by atoms with Gasteiger partial charge in [-0.2, -0.15) is 9.61 Å². The van der Waals surface area contributed by atoms with Gasteiger partial charge in [0.25, 0.3) is 11.5 Å². The molecule has 2 saturated carbocycles. The molecule has 0 aliphatic heterocycles. The van der Waals surface area contributed by atoms with Crippen molar-refractivity contribution in [3.8, 4) is 0 Å². The van der Waals surface area contributed by atoms with Gasteiger partial charge in [-0.1, -0.05) is 0 Å². The van der Waals surface area contributed by atoms with E-state index in [0.29, 0.717) is 35.0 Å². The summed E-state index contributed by atoms with van der Waals surface area (Å²) < 4.78 is 8.60. The van der Waals surface area contributed by atoms with Gasteiger partial charge in [-0.05, 0) is 50.7 Å². The molecular weight excluding hydrogens is 450 g/mol. The number of aromatic nitrogens is 4. The SMILES string of the molecule is CNc1cc(Nc2cccn([C@H]3CC[C@H]3O)c2=O)nc2c(C(=O)N[C@H]3CCC[C@H](OC)C3)cnn12. The molecule has 3 heterocycles. The molecule has 35 heavy (non-hydrogen) atoms. The lowest BCUT2D eigenvalue weighted by molar-refractivity contribution is 0.0300. The molecule has 0 radical (unpaired) electrons. The molecule has 11 heteroatoms. The van der Waals surface area contributed by atoms with Crippen molar-refractivity contribution in [3.63, 3.8) is 0 Å². The Labute approximate surface area is 202 Å². The Morgan fingerprint density at radius 1 is 1.26 bits per heavy atom. The fourth-order valence-electron chi connectivity index (χ4n) is 4.91. The predicted molar refractivity (Wildman–Crippen MR) is 131 cm³/mol. The molecule has 3 aromatic heterocycles. The maximum atomic E-state index is 13.1. The van der Waals surface area contributed by atoms with E-state index in [4.69, 9.17) is 4.74 Å². The summed E-state index contributed by atoms with van der Waals surface area (Å²) in [6.45, 7) is 0. The van der Waals surface area contributed by atoms with E-state index in [2.05, 4.69) is 26.0 Å². The van der Waals surface area contributed by atoms with Crippen molar-refractivity contribution in [2.24, 2.45) is 0 Å². The molecule has 3 aromatic rings. The zero-order valence-electron chi connectivity index (χ0n) is 19.9. The lowest BCUT2D eigenvalue weighted by Crippen LogP contribution is -2.40. The Kier molecular flexibility index (Phi) is 6.44. The molecule has 4 N–H and O–H groups in total. The van der Waals surface area contributed by atoms with Gasteiger partial charge in [0.1, 0.15) is 22.9 Å². The summed E-state index contributed by atoms with van der Waals surface area (Å²) in [7, 11) is 3.45. The number of anilines is 3. The number of aliphatic hydroxyl groups is 1. The summed E-state index contributed by atoms with van der Waals surface area (Å²) in [6, 6.07) is 4.98. The van der Waals surface area contributed by atoms with Crippen molar-refractivity contribution < 1.29 is 14.6 Å². The minimum Gasteiger partial charge on any atom is -0.391 e. The standard InChI is InChI=1S/C24H31N7O4/c1-25-21-12-20(28-17-7-4-10-30(24(17)34)18-8-9-19(18)32)29-22-16(13-26-31(21)22)23(33)27-14-5-3-6-15(11-14)35-2/h4,7,10,12-15,18-19,25,32H,3,5-6,8-9,11H2,1-2H3,(H,27,33)(H,28,29)/t14-,15-,18-,19+/m0/s1. The molecule has 11 nitrogen and oxygen atoms in total. The smallest absolute Gasteiger partial charge is 0.274 e. The lowest BCUT2D eigenvalue weighted by Gasteiger charge is -2.34. The molecule has 2 aliphatic carbocycles. The fourth-order valence-corrected chi connectivity index (χ4v) is 4.91. The molecule has 186 valence electrons. The molecule has 4 atom stereocenters. The number of ether oxygens (including phenoxy) is 1. The van der Waals surface area contributed by atoms with Gasteiger partial charge < -0.3 is 30.4 Å². The van der Waals surface area contributed by atoms with Crippen LogP contribution in [-0.4, -0.2) is 62.6 Å². The number of fused-ring (bicyclic) bond motifs is 1. The molecule has 2 aliphatic rings. The second kappa shape index (κ2) is 9.67. The molecule has 1 amide bonds. The van der Waals surface area contributed by atoms with Crippen molar-refractivity contribution >= 4 is 28.9 Å². The maximum absolute atomic E-state index is 13.1. The van der Waals surface area contributed by atoms with Gasteiger partial charge in [0.05, 0.1) is 24.4 Å². The van der Waals surface area contributed by atoms with Crippen LogP contribution in [0, 0.1) is 0 Å². The second-order valence-corrected chi connectivity index (χ2v) is 9.24. The summed E-state index contributed by atoms with van der Waals surface area (Å²) >= 11 is 0. The van der Waals surface area contributed by atoms with Gasteiger partial charge >= 0.3 is 0 Å². The van der Waals surface area contributed by atoms with Crippen molar-refractivity contribution in [2.75, 3.05) is 24.8 Å². The molecule has 0 spiro atoms. The minimum absolute atomic E-state index is 0.0332. The number of amides is 1. The van der Waals surface area contributed by atoms with Crippen molar-refractivity contribution in [3.05, 3.63) is 46.5 Å². The molecule has 0 unspecified atom stereocenters. The number of carbonyl (C=O) groups excluding carboxylic acids is 1. The number of hydrogen-bond donors (Lipinski definition) is 4. The molecule has 2 fully saturated rings. The number of carbonyl (C=O) groups is 1. The number of nitrogens with one attached hydrogen (secondary N) is 3. The highest BCUT2D eigenvalue weighted by Crippen LogP contribution is 2.31. The third-order valence-corrected chi connectivity index (χ3v) is 7.06. The van der Waals surface area contributed by atoms with Crippen LogP contribution < -0.4 is 21.5 Å². The first-order chi connectivity index (χ1) is 17.0. The first-order valence-electron chi connectivity index (χ1n) is 12.0. The maximum Gasteiger partial charge on any atom is 0.274 e. The number of methoxy groups -OCH3 is 1.